The quantitative estimate of drug-likeness (QED) is 0.558. The minimum atomic E-state index is -1.18. The standard InChI is InChI=1S/C20H34F2/c1-13-3-7-15(8-4-13)17-11-12-18(20(22)19(17)21)16-9-5-14(2)6-10-16/h13-20H,3-12H2,1-2H3. The van der Waals surface area contributed by atoms with Crippen molar-refractivity contribution in [2.45, 2.75) is 90.4 Å². The van der Waals surface area contributed by atoms with Gasteiger partial charge in [0.05, 0.1) is 0 Å². The molecule has 0 aromatic carbocycles. The first-order valence-corrected chi connectivity index (χ1v) is 9.84. The highest BCUT2D eigenvalue weighted by molar-refractivity contribution is 4.95. The Morgan fingerprint density at radius 2 is 0.818 bits per heavy atom. The summed E-state index contributed by atoms with van der Waals surface area (Å²) in [6.45, 7) is 4.59. The van der Waals surface area contributed by atoms with Gasteiger partial charge in [-0.25, -0.2) is 8.78 Å². The van der Waals surface area contributed by atoms with Crippen molar-refractivity contribution in [1.82, 2.24) is 0 Å². The molecule has 3 aliphatic carbocycles. The van der Waals surface area contributed by atoms with Crippen molar-refractivity contribution in [3.63, 3.8) is 0 Å². The van der Waals surface area contributed by atoms with Crippen LogP contribution in [0.15, 0.2) is 0 Å². The second kappa shape index (κ2) is 7.18. The average molecular weight is 312 g/mol. The molecule has 3 rings (SSSR count). The first-order valence-electron chi connectivity index (χ1n) is 9.84. The van der Waals surface area contributed by atoms with E-state index in [4.69, 9.17) is 0 Å². The maximum atomic E-state index is 14.8. The van der Waals surface area contributed by atoms with Gasteiger partial charge in [-0.1, -0.05) is 39.5 Å². The van der Waals surface area contributed by atoms with Gasteiger partial charge >= 0.3 is 0 Å². The largest absolute Gasteiger partial charge is 0.244 e. The number of hydrogen-bond donors (Lipinski definition) is 0. The maximum Gasteiger partial charge on any atom is 0.134 e. The summed E-state index contributed by atoms with van der Waals surface area (Å²) in [5.41, 5.74) is 0. The molecule has 2 heteroatoms. The van der Waals surface area contributed by atoms with E-state index in [9.17, 15) is 8.78 Å². The molecule has 0 heterocycles. The molecule has 0 aromatic rings. The molecule has 0 bridgehead atoms. The molecular formula is C20H34F2. The summed E-state index contributed by atoms with van der Waals surface area (Å²) in [6, 6.07) is 0. The molecule has 3 saturated carbocycles. The van der Waals surface area contributed by atoms with Crippen molar-refractivity contribution < 1.29 is 8.78 Å². The number of hydrogen-bond acceptors (Lipinski definition) is 0. The zero-order valence-electron chi connectivity index (χ0n) is 14.4. The summed E-state index contributed by atoms with van der Waals surface area (Å²) in [5.74, 6) is 2.52. The number of halogens is 2. The van der Waals surface area contributed by atoms with Crippen LogP contribution in [0.4, 0.5) is 8.78 Å². The Balaban J connectivity index is 1.57. The fraction of sp³-hybridized carbons (Fsp3) is 1.00. The van der Waals surface area contributed by atoms with Crippen LogP contribution < -0.4 is 0 Å². The summed E-state index contributed by atoms with van der Waals surface area (Å²) in [4.78, 5) is 0. The Labute approximate surface area is 135 Å². The van der Waals surface area contributed by atoms with Crippen LogP contribution in [0, 0.1) is 35.5 Å². The minimum absolute atomic E-state index is 0.0151. The van der Waals surface area contributed by atoms with Gasteiger partial charge in [-0.15, -0.1) is 0 Å². The van der Waals surface area contributed by atoms with Crippen molar-refractivity contribution in [2.75, 3.05) is 0 Å². The van der Waals surface area contributed by atoms with Crippen LogP contribution in [0.2, 0.25) is 0 Å². The van der Waals surface area contributed by atoms with Crippen LogP contribution >= 0.6 is 0 Å². The summed E-state index contributed by atoms with van der Waals surface area (Å²) in [6.07, 6.45) is 8.90. The SMILES string of the molecule is CC1CCC(C2CCC(C3CCC(C)CC3)C(F)C2F)CC1. The fourth-order valence-electron chi connectivity index (χ4n) is 5.60. The molecule has 3 fully saturated rings. The van der Waals surface area contributed by atoms with E-state index in [1.807, 2.05) is 0 Å². The molecule has 0 radical (unpaired) electrons. The Morgan fingerprint density at radius 3 is 1.14 bits per heavy atom. The average Bonchev–Trinajstić information content (AvgIpc) is 2.52. The molecule has 22 heavy (non-hydrogen) atoms. The highest BCUT2D eigenvalue weighted by Gasteiger charge is 2.46. The van der Waals surface area contributed by atoms with Gasteiger partial charge in [0, 0.05) is 0 Å². The highest BCUT2D eigenvalue weighted by Crippen LogP contribution is 2.47. The Morgan fingerprint density at radius 1 is 0.500 bits per heavy atom. The molecule has 0 aliphatic heterocycles. The van der Waals surface area contributed by atoms with Crippen molar-refractivity contribution in [1.29, 1.82) is 0 Å². The molecule has 4 unspecified atom stereocenters. The molecule has 0 amide bonds. The van der Waals surface area contributed by atoms with E-state index in [1.165, 1.54) is 25.7 Å². The summed E-state index contributed by atoms with van der Waals surface area (Å²) < 4.78 is 29.7. The van der Waals surface area contributed by atoms with Gasteiger partial charge in [-0.3, -0.25) is 0 Å². The zero-order chi connectivity index (χ0) is 15.7. The lowest BCUT2D eigenvalue weighted by Gasteiger charge is -2.44. The summed E-state index contributed by atoms with van der Waals surface area (Å²) in [5, 5.41) is 0. The summed E-state index contributed by atoms with van der Waals surface area (Å²) in [7, 11) is 0. The second-order valence-electron chi connectivity index (χ2n) is 8.83. The van der Waals surface area contributed by atoms with Crippen molar-refractivity contribution in [3.05, 3.63) is 0 Å². The monoisotopic (exact) mass is 312 g/mol. The molecule has 0 saturated heterocycles. The summed E-state index contributed by atoms with van der Waals surface area (Å²) >= 11 is 0. The van der Waals surface area contributed by atoms with E-state index in [2.05, 4.69) is 13.8 Å². The first-order chi connectivity index (χ1) is 10.6. The predicted octanol–water partition coefficient (Wildman–Crippen LogP) is 6.34. The second-order valence-corrected chi connectivity index (χ2v) is 8.83. The lowest BCUT2D eigenvalue weighted by molar-refractivity contribution is -0.0359. The van der Waals surface area contributed by atoms with E-state index in [1.54, 1.807) is 0 Å². The van der Waals surface area contributed by atoms with E-state index in [0.717, 1.165) is 50.4 Å². The van der Waals surface area contributed by atoms with Crippen LogP contribution in [-0.4, -0.2) is 12.3 Å². The molecule has 0 N–H and O–H groups in total. The third-order valence-corrected chi connectivity index (χ3v) is 7.29. The Hall–Kier alpha value is -0.140. The molecule has 0 spiro atoms. The van der Waals surface area contributed by atoms with Gasteiger partial charge in [0.1, 0.15) is 12.3 Å². The van der Waals surface area contributed by atoms with E-state index in [-0.39, 0.29) is 11.8 Å². The van der Waals surface area contributed by atoms with Crippen LogP contribution in [0.25, 0.3) is 0 Å². The molecule has 128 valence electrons. The van der Waals surface area contributed by atoms with Gasteiger partial charge in [-0.05, 0) is 74.0 Å². The molecule has 0 aromatic heterocycles. The van der Waals surface area contributed by atoms with E-state index in [0.29, 0.717) is 11.8 Å². The van der Waals surface area contributed by atoms with Crippen LogP contribution in [0.1, 0.15) is 78.1 Å². The van der Waals surface area contributed by atoms with Gasteiger partial charge in [0.15, 0.2) is 0 Å². The first kappa shape index (κ1) is 16.7. The van der Waals surface area contributed by atoms with E-state index >= 15 is 0 Å². The van der Waals surface area contributed by atoms with Gasteiger partial charge < -0.3 is 0 Å². The normalized spacial score (nSPS) is 50.7. The number of rotatable bonds is 2. The topological polar surface area (TPSA) is 0 Å². The molecule has 4 atom stereocenters. The van der Waals surface area contributed by atoms with Crippen molar-refractivity contribution in [3.8, 4) is 0 Å². The Bertz CT molecular complexity index is 306. The van der Waals surface area contributed by atoms with Gasteiger partial charge in [0.2, 0.25) is 0 Å². The smallest absolute Gasteiger partial charge is 0.134 e. The van der Waals surface area contributed by atoms with Crippen LogP contribution in [0.3, 0.4) is 0 Å². The van der Waals surface area contributed by atoms with Crippen LogP contribution in [-0.2, 0) is 0 Å². The molecular weight excluding hydrogens is 278 g/mol. The van der Waals surface area contributed by atoms with E-state index < -0.39 is 12.3 Å². The molecule has 3 aliphatic rings. The highest BCUT2D eigenvalue weighted by atomic mass is 19.2. The zero-order valence-corrected chi connectivity index (χ0v) is 14.4. The number of alkyl halides is 2. The maximum absolute atomic E-state index is 14.8. The third kappa shape index (κ3) is 3.51. The molecule has 0 nitrogen and oxygen atoms in total. The van der Waals surface area contributed by atoms with Gasteiger partial charge in [0.25, 0.3) is 0 Å². The fourth-order valence-corrected chi connectivity index (χ4v) is 5.60. The predicted molar refractivity (Wildman–Crippen MR) is 88.3 cm³/mol. The lowest BCUT2D eigenvalue weighted by Crippen LogP contribution is -2.45. The third-order valence-electron chi connectivity index (χ3n) is 7.29. The van der Waals surface area contributed by atoms with Crippen LogP contribution in [0.5, 0.6) is 0 Å². The van der Waals surface area contributed by atoms with Crippen molar-refractivity contribution in [2.24, 2.45) is 35.5 Å². The lowest BCUT2D eigenvalue weighted by atomic mass is 9.64. The van der Waals surface area contributed by atoms with Gasteiger partial charge in [-0.2, -0.15) is 0 Å². The minimum Gasteiger partial charge on any atom is -0.244 e. The van der Waals surface area contributed by atoms with Crippen molar-refractivity contribution >= 4 is 0 Å². The Kier molecular flexibility index (Phi) is 5.45.